The van der Waals surface area contributed by atoms with Crippen LogP contribution in [-0.2, 0) is 28.9 Å². The molecule has 2 unspecified atom stereocenters. The van der Waals surface area contributed by atoms with E-state index in [-0.39, 0.29) is 11.9 Å². The molecule has 1 aliphatic heterocycles. The van der Waals surface area contributed by atoms with Crippen molar-refractivity contribution in [3.8, 4) is 0 Å². The number of carboxylic acids is 1. The monoisotopic (exact) mass is 315 g/mol. The van der Waals surface area contributed by atoms with Crippen LogP contribution in [0.2, 0.25) is 0 Å². The van der Waals surface area contributed by atoms with E-state index in [0.29, 0.717) is 19.4 Å². The van der Waals surface area contributed by atoms with Crippen molar-refractivity contribution in [1.82, 2.24) is 4.90 Å². The van der Waals surface area contributed by atoms with E-state index in [4.69, 9.17) is 0 Å². The molecule has 0 radical (unpaired) electrons. The molecule has 1 aromatic carbocycles. The van der Waals surface area contributed by atoms with Crippen LogP contribution >= 0.6 is 0 Å². The number of carboxylic acid groups (broad SMARTS) is 1. The molecule has 0 bridgehead atoms. The summed E-state index contributed by atoms with van der Waals surface area (Å²) in [6.07, 6.45) is 6.56. The molecule has 1 amide bonds. The Morgan fingerprint density at radius 2 is 1.91 bits per heavy atom. The lowest BCUT2D eigenvalue weighted by atomic mass is 9.89. The lowest BCUT2D eigenvalue weighted by Gasteiger charge is -2.36. The molecule has 4 nitrogen and oxygen atoms in total. The SMILES string of the molecule is CC1CCC(C(=O)O)CN1C(=O)Cc1ccc2c(c1)CCCC2. The second-order valence-electron chi connectivity index (χ2n) is 6.99. The van der Waals surface area contributed by atoms with E-state index < -0.39 is 11.9 Å². The quantitative estimate of drug-likeness (QED) is 0.933. The first-order chi connectivity index (χ1) is 11.0. The fourth-order valence-corrected chi connectivity index (χ4v) is 3.83. The smallest absolute Gasteiger partial charge is 0.308 e. The number of fused-ring (bicyclic) bond motifs is 1. The van der Waals surface area contributed by atoms with Crippen molar-refractivity contribution < 1.29 is 14.7 Å². The number of hydrogen-bond acceptors (Lipinski definition) is 2. The zero-order chi connectivity index (χ0) is 16.4. The maximum Gasteiger partial charge on any atom is 0.308 e. The second-order valence-corrected chi connectivity index (χ2v) is 6.99. The zero-order valence-electron chi connectivity index (χ0n) is 13.8. The van der Waals surface area contributed by atoms with Crippen LogP contribution in [0.5, 0.6) is 0 Å². The Morgan fingerprint density at radius 1 is 1.17 bits per heavy atom. The summed E-state index contributed by atoms with van der Waals surface area (Å²) in [6, 6.07) is 6.54. The van der Waals surface area contributed by atoms with E-state index in [1.54, 1.807) is 4.90 Å². The number of aryl methyl sites for hydroxylation is 2. The van der Waals surface area contributed by atoms with Crippen LogP contribution in [-0.4, -0.2) is 34.5 Å². The number of benzene rings is 1. The van der Waals surface area contributed by atoms with Gasteiger partial charge < -0.3 is 10.0 Å². The number of aliphatic carboxylic acids is 1. The summed E-state index contributed by atoms with van der Waals surface area (Å²) in [6.45, 7) is 2.36. The Hall–Kier alpha value is -1.84. The van der Waals surface area contributed by atoms with Crippen LogP contribution in [0.25, 0.3) is 0 Å². The highest BCUT2D eigenvalue weighted by Gasteiger charge is 2.32. The van der Waals surface area contributed by atoms with Gasteiger partial charge >= 0.3 is 5.97 Å². The third kappa shape index (κ3) is 3.57. The summed E-state index contributed by atoms with van der Waals surface area (Å²) in [4.78, 5) is 25.6. The molecule has 1 heterocycles. The van der Waals surface area contributed by atoms with Gasteiger partial charge in [-0.25, -0.2) is 0 Å². The minimum absolute atomic E-state index is 0.0548. The Kier molecular flexibility index (Phi) is 4.69. The first kappa shape index (κ1) is 16.0. The molecule has 0 aromatic heterocycles. The molecular weight excluding hydrogens is 290 g/mol. The molecule has 1 saturated heterocycles. The number of nitrogens with zero attached hydrogens (tertiary/aromatic N) is 1. The summed E-state index contributed by atoms with van der Waals surface area (Å²) >= 11 is 0. The number of carbonyl (C=O) groups excluding carboxylic acids is 1. The third-order valence-corrected chi connectivity index (χ3v) is 5.32. The number of rotatable bonds is 3. The van der Waals surface area contributed by atoms with Crippen LogP contribution in [0, 0.1) is 5.92 Å². The maximum absolute atomic E-state index is 12.6. The minimum atomic E-state index is -0.788. The topological polar surface area (TPSA) is 57.6 Å². The minimum Gasteiger partial charge on any atom is -0.481 e. The van der Waals surface area contributed by atoms with E-state index in [1.807, 2.05) is 6.92 Å². The molecule has 124 valence electrons. The highest BCUT2D eigenvalue weighted by Crippen LogP contribution is 2.25. The average molecular weight is 315 g/mol. The van der Waals surface area contributed by atoms with E-state index in [1.165, 1.54) is 24.0 Å². The second kappa shape index (κ2) is 6.73. The van der Waals surface area contributed by atoms with Gasteiger partial charge in [-0.2, -0.15) is 0 Å². The van der Waals surface area contributed by atoms with Crippen LogP contribution in [0.3, 0.4) is 0 Å². The number of hydrogen-bond donors (Lipinski definition) is 1. The number of piperidine rings is 1. The molecule has 1 fully saturated rings. The van der Waals surface area contributed by atoms with Gasteiger partial charge in [-0.3, -0.25) is 9.59 Å². The zero-order valence-corrected chi connectivity index (χ0v) is 13.8. The largest absolute Gasteiger partial charge is 0.481 e. The normalized spacial score (nSPS) is 24.1. The highest BCUT2D eigenvalue weighted by molar-refractivity contribution is 5.80. The highest BCUT2D eigenvalue weighted by atomic mass is 16.4. The fraction of sp³-hybridized carbons (Fsp3) is 0.579. The van der Waals surface area contributed by atoms with Crippen molar-refractivity contribution in [2.24, 2.45) is 5.92 Å². The van der Waals surface area contributed by atoms with Crippen molar-refractivity contribution in [3.05, 3.63) is 34.9 Å². The summed E-state index contributed by atoms with van der Waals surface area (Å²) in [5, 5.41) is 9.21. The van der Waals surface area contributed by atoms with Gasteiger partial charge in [-0.15, -0.1) is 0 Å². The van der Waals surface area contributed by atoms with E-state index in [2.05, 4.69) is 18.2 Å². The Morgan fingerprint density at radius 3 is 2.65 bits per heavy atom. The third-order valence-electron chi connectivity index (χ3n) is 5.32. The number of likely N-dealkylation sites (tertiary alicyclic amines) is 1. The molecule has 2 aliphatic rings. The lowest BCUT2D eigenvalue weighted by Crippen LogP contribution is -2.47. The Labute approximate surface area is 137 Å². The van der Waals surface area contributed by atoms with Crippen LogP contribution in [0.15, 0.2) is 18.2 Å². The molecular formula is C19H25NO3. The summed E-state index contributed by atoms with van der Waals surface area (Å²) in [5.41, 5.74) is 3.86. The molecule has 2 atom stereocenters. The molecule has 0 saturated carbocycles. The summed E-state index contributed by atoms with van der Waals surface area (Å²) in [7, 11) is 0. The van der Waals surface area contributed by atoms with E-state index in [9.17, 15) is 14.7 Å². The molecule has 1 aliphatic carbocycles. The molecule has 0 spiro atoms. The Bertz CT molecular complexity index is 611. The van der Waals surface area contributed by atoms with Gasteiger partial charge in [0, 0.05) is 12.6 Å². The van der Waals surface area contributed by atoms with Gasteiger partial charge in [0.2, 0.25) is 5.91 Å². The van der Waals surface area contributed by atoms with Gasteiger partial charge in [-0.1, -0.05) is 18.2 Å². The van der Waals surface area contributed by atoms with Crippen molar-refractivity contribution in [2.75, 3.05) is 6.54 Å². The lowest BCUT2D eigenvalue weighted by molar-refractivity contribution is -0.146. The van der Waals surface area contributed by atoms with Gasteiger partial charge in [0.25, 0.3) is 0 Å². The van der Waals surface area contributed by atoms with Crippen molar-refractivity contribution in [1.29, 1.82) is 0 Å². The van der Waals surface area contributed by atoms with Crippen molar-refractivity contribution in [2.45, 2.75) is 57.9 Å². The molecule has 1 aromatic rings. The van der Waals surface area contributed by atoms with Crippen LogP contribution in [0.4, 0.5) is 0 Å². The molecule has 1 N–H and O–H groups in total. The van der Waals surface area contributed by atoms with Crippen molar-refractivity contribution >= 4 is 11.9 Å². The molecule has 3 rings (SSSR count). The van der Waals surface area contributed by atoms with Gasteiger partial charge in [0.15, 0.2) is 0 Å². The summed E-state index contributed by atoms with van der Waals surface area (Å²) in [5.74, 6) is -1.15. The van der Waals surface area contributed by atoms with Gasteiger partial charge in [-0.05, 0) is 62.1 Å². The first-order valence-electron chi connectivity index (χ1n) is 8.67. The fourth-order valence-electron chi connectivity index (χ4n) is 3.83. The van der Waals surface area contributed by atoms with E-state index >= 15 is 0 Å². The maximum atomic E-state index is 12.6. The predicted molar refractivity (Wildman–Crippen MR) is 88.3 cm³/mol. The van der Waals surface area contributed by atoms with Crippen LogP contribution in [0.1, 0.15) is 49.3 Å². The van der Waals surface area contributed by atoms with E-state index in [0.717, 1.165) is 24.8 Å². The van der Waals surface area contributed by atoms with Gasteiger partial charge in [0.05, 0.1) is 12.3 Å². The molecule has 23 heavy (non-hydrogen) atoms. The summed E-state index contributed by atoms with van der Waals surface area (Å²) < 4.78 is 0. The van der Waals surface area contributed by atoms with Crippen molar-refractivity contribution in [3.63, 3.8) is 0 Å². The number of amides is 1. The van der Waals surface area contributed by atoms with Crippen LogP contribution < -0.4 is 0 Å². The first-order valence-corrected chi connectivity index (χ1v) is 8.67. The average Bonchev–Trinajstić information content (AvgIpc) is 2.54. The predicted octanol–water partition coefficient (Wildman–Crippen LogP) is 2.82. The standard InChI is InChI=1S/C19H25NO3/c1-13-6-8-17(19(22)23)12-20(13)18(21)11-14-7-9-15-4-2-3-5-16(15)10-14/h7,9-10,13,17H,2-6,8,11-12H2,1H3,(H,22,23). The molecule has 4 heteroatoms. The number of carbonyl (C=O) groups is 2. The van der Waals surface area contributed by atoms with Gasteiger partial charge in [0.1, 0.15) is 0 Å². The Balaban J connectivity index is 1.69.